The van der Waals surface area contributed by atoms with Crippen LogP contribution in [-0.4, -0.2) is 17.1 Å². The van der Waals surface area contributed by atoms with E-state index in [4.69, 9.17) is 5.11 Å². The van der Waals surface area contributed by atoms with Crippen molar-refractivity contribution in [2.45, 2.75) is 45.1 Å². The Morgan fingerprint density at radius 2 is 2.33 bits per heavy atom. The molecule has 3 atom stereocenters. The summed E-state index contributed by atoms with van der Waals surface area (Å²) >= 11 is 0. The molecule has 3 unspecified atom stereocenters. The van der Waals surface area contributed by atoms with Crippen molar-refractivity contribution < 1.29 is 9.90 Å². The Balaban J connectivity index is 2.00. The molecule has 2 aliphatic rings. The van der Waals surface area contributed by atoms with Gasteiger partial charge in [0.15, 0.2) is 0 Å². The molecule has 2 rings (SSSR count). The normalized spacial score (nSPS) is 31.4. The number of rotatable bonds is 3. The summed E-state index contributed by atoms with van der Waals surface area (Å²) in [6.45, 7) is 2.03. The maximum absolute atomic E-state index is 10.7. The van der Waals surface area contributed by atoms with Crippen LogP contribution in [0.4, 0.5) is 0 Å². The van der Waals surface area contributed by atoms with E-state index in [1.54, 1.807) is 0 Å². The van der Waals surface area contributed by atoms with Gasteiger partial charge in [-0.25, -0.2) is 0 Å². The predicted octanol–water partition coefficient (Wildman–Crippen LogP) is 2.14. The predicted molar refractivity (Wildman–Crippen MR) is 58.4 cm³/mol. The minimum absolute atomic E-state index is 0.183. The van der Waals surface area contributed by atoms with Crippen molar-refractivity contribution in [3.05, 3.63) is 11.8 Å². The second-order valence-corrected chi connectivity index (χ2v) is 4.81. The number of aliphatic carboxylic acids is 1. The molecule has 3 heteroatoms. The van der Waals surface area contributed by atoms with E-state index in [0.29, 0.717) is 12.0 Å². The lowest BCUT2D eigenvalue weighted by molar-refractivity contribution is -0.137. The molecule has 0 amide bonds. The monoisotopic (exact) mass is 209 g/mol. The average Bonchev–Trinajstić information content (AvgIpc) is 2.59. The standard InChI is InChI=1S/C12H19NO2/c1-8(6-12(14)15)10-7-13-11-5-3-2-4-9(10)11/h7-9,11,13H,2-6H2,1H3,(H,14,15). The van der Waals surface area contributed by atoms with E-state index in [1.165, 1.54) is 31.3 Å². The van der Waals surface area contributed by atoms with Crippen molar-refractivity contribution in [2.75, 3.05) is 0 Å². The molecule has 15 heavy (non-hydrogen) atoms. The van der Waals surface area contributed by atoms with Crippen LogP contribution in [0.15, 0.2) is 11.8 Å². The molecule has 1 aliphatic heterocycles. The lowest BCUT2D eigenvalue weighted by Crippen LogP contribution is -2.31. The highest BCUT2D eigenvalue weighted by atomic mass is 16.4. The summed E-state index contributed by atoms with van der Waals surface area (Å²) in [7, 11) is 0. The van der Waals surface area contributed by atoms with Gasteiger partial charge in [-0.15, -0.1) is 0 Å². The zero-order chi connectivity index (χ0) is 10.8. The summed E-state index contributed by atoms with van der Waals surface area (Å²) in [5.74, 6) is 0.0962. The molecule has 0 aromatic carbocycles. The Kier molecular flexibility index (Phi) is 2.98. The topological polar surface area (TPSA) is 49.3 Å². The molecule has 0 aromatic heterocycles. The first-order valence-corrected chi connectivity index (χ1v) is 5.86. The van der Waals surface area contributed by atoms with Crippen LogP contribution in [0.5, 0.6) is 0 Å². The summed E-state index contributed by atoms with van der Waals surface area (Å²) in [6, 6.07) is 0.588. The van der Waals surface area contributed by atoms with Crippen LogP contribution in [0.25, 0.3) is 0 Å². The Morgan fingerprint density at radius 3 is 3.07 bits per heavy atom. The molecule has 2 N–H and O–H groups in total. The second kappa shape index (κ2) is 4.25. The quantitative estimate of drug-likeness (QED) is 0.748. The van der Waals surface area contributed by atoms with Crippen molar-refractivity contribution in [1.29, 1.82) is 0 Å². The first kappa shape index (κ1) is 10.5. The number of nitrogens with one attached hydrogen (secondary N) is 1. The van der Waals surface area contributed by atoms with Gasteiger partial charge in [-0.1, -0.05) is 19.8 Å². The zero-order valence-electron chi connectivity index (χ0n) is 9.20. The largest absolute Gasteiger partial charge is 0.481 e. The fourth-order valence-electron chi connectivity index (χ4n) is 2.93. The summed E-state index contributed by atoms with van der Waals surface area (Å²) < 4.78 is 0. The first-order valence-electron chi connectivity index (χ1n) is 5.86. The molecule has 1 aliphatic carbocycles. The first-order chi connectivity index (χ1) is 7.18. The summed E-state index contributed by atoms with van der Waals surface area (Å²) in [6.07, 6.45) is 7.41. The van der Waals surface area contributed by atoms with Gasteiger partial charge < -0.3 is 10.4 Å². The maximum atomic E-state index is 10.7. The molecule has 0 aromatic rings. The summed E-state index contributed by atoms with van der Waals surface area (Å²) in [4.78, 5) is 10.7. The third kappa shape index (κ3) is 2.16. The van der Waals surface area contributed by atoms with Gasteiger partial charge in [0.05, 0.1) is 6.42 Å². The number of carboxylic acids is 1. The van der Waals surface area contributed by atoms with E-state index >= 15 is 0 Å². The van der Waals surface area contributed by atoms with Crippen molar-refractivity contribution in [1.82, 2.24) is 5.32 Å². The van der Waals surface area contributed by atoms with E-state index in [9.17, 15) is 4.79 Å². The van der Waals surface area contributed by atoms with Crippen LogP contribution in [0.1, 0.15) is 39.0 Å². The molecule has 1 fully saturated rings. The fraction of sp³-hybridized carbons (Fsp3) is 0.750. The number of carbonyl (C=O) groups is 1. The van der Waals surface area contributed by atoms with Gasteiger partial charge in [0.2, 0.25) is 0 Å². The number of fused-ring (bicyclic) bond motifs is 1. The Hall–Kier alpha value is -0.990. The molecule has 0 radical (unpaired) electrons. The molecule has 84 valence electrons. The van der Waals surface area contributed by atoms with Gasteiger partial charge in [0.25, 0.3) is 0 Å². The maximum Gasteiger partial charge on any atom is 0.303 e. The van der Waals surface area contributed by atoms with Crippen molar-refractivity contribution in [3.8, 4) is 0 Å². The third-order valence-electron chi connectivity index (χ3n) is 3.71. The van der Waals surface area contributed by atoms with Crippen LogP contribution in [0.3, 0.4) is 0 Å². The molecular weight excluding hydrogens is 190 g/mol. The van der Waals surface area contributed by atoms with Crippen LogP contribution in [0.2, 0.25) is 0 Å². The molecule has 3 nitrogen and oxygen atoms in total. The molecule has 1 saturated carbocycles. The molecule has 0 spiro atoms. The lowest BCUT2D eigenvalue weighted by Gasteiger charge is -2.29. The van der Waals surface area contributed by atoms with E-state index in [-0.39, 0.29) is 12.3 Å². The number of hydrogen-bond acceptors (Lipinski definition) is 2. The van der Waals surface area contributed by atoms with E-state index in [0.717, 1.165) is 0 Å². The highest BCUT2D eigenvalue weighted by Crippen LogP contribution is 2.37. The minimum Gasteiger partial charge on any atom is -0.481 e. The summed E-state index contributed by atoms with van der Waals surface area (Å²) in [5.41, 5.74) is 1.34. The van der Waals surface area contributed by atoms with Gasteiger partial charge in [0, 0.05) is 12.0 Å². The Morgan fingerprint density at radius 1 is 1.60 bits per heavy atom. The highest BCUT2D eigenvalue weighted by molar-refractivity contribution is 5.67. The van der Waals surface area contributed by atoms with E-state index in [2.05, 4.69) is 11.5 Å². The smallest absolute Gasteiger partial charge is 0.303 e. The molecular formula is C12H19NO2. The Bertz CT molecular complexity index is 285. The van der Waals surface area contributed by atoms with Crippen LogP contribution < -0.4 is 5.32 Å². The molecule has 0 saturated heterocycles. The Labute approximate surface area is 90.6 Å². The van der Waals surface area contributed by atoms with Crippen LogP contribution in [0, 0.1) is 11.8 Å². The third-order valence-corrected chi connectivity index (χ3v) is 3.71. The highest BCUT2D eigenvalue weighted by Gasteiger charge is 2.34. The van der Waals surface area contributed by atoms with Gasteiger partial charge in [0.1, 0.15) is 0 Å². The van der Waals surface area contributed by atoms with Crippen LogP contribution in [-0.2, 0) is 4.79 Å². The van der Waals surface area contributed by atoms with Gasteiger partial charge >= 0.3 is 5.97 Å². The van der Waals surface area contributed by atoms with Crippen LogP contribution >= 0.6 is 0 Å². The minimum atomic E-state index is -0.692. The van der Waals surface area contributed by atoms with E-state index in [1.807, 2.05) is 6.92 Å². The SMILES string of the molecule is CC(CC(=O)O)C1=CNC2CCCCC12. The second-order valence-electron chi connectivity index (χ2n) is 4.81. The lowest BCUT2D eigenvalue weighted by atomic mass is 9.78. The van der Waals surface area contributed by atoms with Crippen molar-refractivity contribution in [2.24, 2.45) is 11.8 Å². The van der Waals surface area contributed by atoms with Gasteiger partial charge in [-0.3, -0.25) is 4.79 Å². The zero-order valence-corrected chi connectivity index (χ0v) is 9.20. The average molecular weight is 209 g/mol. The fourth-order valence-corrected chi connectivity index (χ4v) is 2.93. The van der Waals surface area contributed by atoms with Gasteiger partial charge in [-0.2, -0.15) is 0 Å². The number of carboxylic acid groups (broad SMARTS) is 1. The summed E-state index contributed by atoms with van der Waals surface area (Å²) in [5, 5.41) is 12.2. The van der Waals surface area contributed by atoms with E-state index < -0.39 is 5.97 Å². The molecule has 0 bridgehead atoms. The van der Waals surface area contributed by atoms with Crippen molar-refractivity contribution >= 4 is 5.97 Å². The van der Waals surface area contributed by atoms with Crippen molar-refractivity contribution in [3.63, 3.8) is 0 Å². The van der Waals surface area contributed by atoms with Gasteiger partial charge in [-0.05, 0) is 30.5 Å². The molecule has 1 heterocycles. The number of hydrogen-bond donors (Lipinski definition) is 2.